The third kappa shape index (κ3) is 4.03. The summed E-state index contributed by atoms with van der Waals surface area (Å²) in [5, 5.41) is 18.8. The van der Waals surface area contributed by atoms with Crippen molar-refractivity contribution < 1.29 is 14.8 Å². The number of rotatable bonds is 2. The molecule has 2 aliphatic rings. The lowest BCUT2D eigenvalue weighted by atomic mass is 9.82. The number of para-hydroxylation sites is 1. The minimum Gasteiger partial charge on any atom is -0.477 e. The maximum atomic E-state index is 10.4. The lowest BCUT2D eigenvalue weighted by Gasteiger charge is -2.24. The van der Waals surface area contributed by atoms with Gasteiger partial charge >= 0.3 is 5.97 Å². The number of carbonyl (C=O) groups is 1. The third-order valence-corrected chi connectivity index (χ3v) is 4.55. The fourth-order valence-electron chi connectivity index (χ4n) is 3.50. The van der Waals surface area contributed by atoms with Gasteiger partial charge in [-0.05, 0) is 17.9 Å². The van der Waals surface area contributed by atoms with Gasteiger partial charge in [0, 0.05) is 6.07 Å². The van der Waals surface area contributed by atoms with E-state index < -0.39 is 10.9 Å². The van der Waals surface area contributed by atoms with Gasteiger partial charge in [0.25, 0.3) is 5.69 Å². The van der Waals surface area contributed by atoms with Crippen molar-refractivity contribution in [3.63, 3.8) is 0 Å². The van der Waals surface area contributed by atoms with Gasteiger partial charge in [-0.2, -0.15) is 0 Å². The van der Waals surface area contributed by atoms with Crippen LogP contribution in [0, 0.1) is 22.0 Å². The standard InChI is InChI=1S/C9H16.C7H5NO4/c1-2-5-9-7-3-6-8(9)4-1;9-7(10)5-3-1-2-4-6(5)8(11)12/h8-9H,1-7H2;1-4H,(H,9,10). The van der Waals surface area contributed by atoms with Crippen LogP contribution in [0.2, 0.25) is 0 Å². The lowest BCUT2D eigenvalue weighted by Crippen LogP contribution is -2.12. The summed E-state index contributed by atoms with van der Waals surface area (Å²) in [6, 6.07) is 5.21. The van der Waals surface area contributed by atoms with E-state index in [4.69, 9.17) is 5.11 Å². The van der Waals surface area contributed by atoms with Crippen LogP contribution in [0.1, 0.15) is 55.3 Å². The van der Waals surface area contributed by atoms with Crippen molar-refractivity contribution in [3.8, 4) is 0 Å². The molecule has 0 amide bonds. The molecule has 0 spiro atoms. The molecule has 1 aromatic carbocycles. The molecule has 21 heavy (non-hydrogen) atoms. The van der Waals surface area contributed by atoms with E-state index in [1.807, 2.05) is 0 Å². The van der Waals surface area contributed by atoms with Crippen LogP contribution in [-0.4, -0.2) is 16.0 Å². The molecule has 0 heterocycles. The van der Waals surface area contributed by atoms with E-state index in [1.54, 1.807) is 25.7 Å². The normalized spacial score (nSPS) is 23.6. The summed E-state index contributed by atoms with van der Waals surface area (Å²) in [5.41, 5.74) is -0.674. The average Bonchev–Trinajstić information content (AvgIpc) is 2.96. The highest BCUT2D eigenvalue weighted by Crippen LogP contribution is 2.41. The van der Waals surface area contributed by atoms with Crippen LogP contribution in [0.3, 0.4) is 0 Å². The minimum absolute atomic E-state index is 0.289. The van der Waals surface area contributed by atoms with E-state index >= 15 is 0 Å². The summed E-state index contributed by atoms with van der Waals surface area (Å²) < 4.78 is 0. The van der Waals surface area contributed by atoms with Gasteiger partial charge in [0.15, 0.2) is 0 Å². The van der Waals surface area contributed by atoms with Crippen LogP contribution >= 0.6 is 0 Å². The van der Waals surface area contributed by atoms with Crippen LogP contribution in [-0.2, 0) is 0 Å². The Bertz CT molecular complexity index is 470. The second-order valence-electron chi connectivity index (χ2n) is 5.81. The van der Waals surface area contributed by atoms with Crippen molar-refractivity contribution in [1.29, 1.82) is 0 Å². The Balaban J connectivity index is 0.000000159. The molecule has 0 aromatic heterocycles. The van der Waals surface area contributed by atoms with Gasteiger partial charge in [-0.3, -0.25) is 10.1 Å². The Morgan fingerprint density at radius 3 is 2.05 bits per heavy atom. The molecular formula is C16H21NO4. The molecule has 0 bridgehead atoms. The average molecular weight is 291 g/mol. The number of carboxylic acid groups (broad SMARTS) is 1. The summed E-state index contributed by atoms with van der Waals surface area (Å²) in [6.45, 7) is 0. The van der Waals surface area contributed by atoms with E-state index in [2.05, 4.69) is 0 Å². The Morgan fingerprint density at radius 2 is 1.57 bits per heavy atom. The quantitative estimate of drug-likeness (QED) is 0.651. The van der Waals surface area contributed by atoms with Crippen LogP contribution in [0.25, 0.3) is 0 Å². The fraction of sp³-hybridized carbons (Fsp3) is 0.562. The molecule has 2 fully saturated rings. The first-order chi connectivity index (χ1) is 10.1. The minimum atomic E-state index is -1.29. The van der Waals surface area contributed by atoms with E-state index in [0.717, 1.165) is 6.07 Å². The van der Waals surface area contributed by atoms with E-state index in [1.165, 1.54) is 49.3 Å². The van der Waals surface area contributed by atoms with Gasteiger partial charge in [-0.15, -0.1) is 0 Å². The van der Waals surface area contributed by atoms with Crippen LogP contribution < -0.4 is 0 Å². The molecule has 2 unspecified atom stereocenters. The SMILES string of the molecule is C1CCC2CCCC2C1.O=C(O)c1ccccc1[N+](=O)[O-]. The van der Waals surface area contributed by atoms with Crippen molar-refractivity contribution in [1.82, 2.24) is 0 Å². The molecule has 5 heteroatoms. The first-order valence-electron chi connectivity index (χ1n) is 7.56. The number of nitro benzene ring substituents is 1. The Hall–Kier alpha value is -1.91. The second kappa shape index (κ2) is 7.20. The highest BCUT2D eigenvalue weighted by Gasteiger charge is 2.28. The first-order valence-corrected chi connectivity index (χ1v) is 7.56. The summed E-state index contributed by atoms with van der Waals surface area (Å²) in [5.74, 6) is 1.04. The highest BCUT2D eigenvalue weighted by atomic mass is 16.6. The van der Waals surface area contributed by atoms with Gasteiger partial charge in [-0.1, -0.05) is 57.1 Å². The van der Waals surface area contributed by atoms with Crippen molar-refractivity contribution >= 4 is 11.7 Å². The molecule has 5 nitrogen and oxygen atoms in total. The van der Waals surface area contributed by atoms with E-state index in [9.17, 15) is 14.9 Å². The first kappa shape index (κ1) is 15.5. The van der Waals surface area contributed by atoms with Gasteiger partial charge in [0.05, 0.1) is 4.92 Å². The van der Waals surface area contributed by atoms with Crippen molar-refractivity contribution in [2.45, 2.75) is 44.9 Å². The molecular weight excluding hydrogens is 270 g/mol. The second-order valence-corrected chi connectivity index (χ2v) is 5.81. The van der Waals surface area contributed by atoms with E-state index in [0.29, 0.717) is 0 Å². The molecule has 0 aliphatic heterocycles. The number of fused-ring (bicyclic) bond motifs is 1. The molecule has 1 N–H and O–H groups in total. The highest BCUT2D eigenvalue weighted by molar-refractivity contribution is 5.92. The monoisotopic (exact) mass is 291 g/mol. The van der Waals surface area contributed by atoms with Gasteiger partial charge in [-0.25, -0.2) is 4.79 Å². The van der Waals surface area contributed by atoms with Gasteiger partial charge < -0.3 is 5.11 Å². The lowest BCUT2D eigenvalue weighted by molar-refractivity contribution is -0.385. The van der Waals surface area contributed by atoms with Crippen molar-refractivity contribution in [2.75, 3.05) is 0 Å². The topological polar surface area (TPSA) is 80.4 Å². The molecule has 2 aliphatic carbocycles. The van der Waals surface area contributed by atoms with Crippen LogP contribution in [0.4, 0.5) is 5.69 Å². The van der Waals surface area contributed by atoms with E-state index in [-0.39, 0.29) is 11.3 Å². The van der Waals surface area contributed by atoms with Gasteiger partial charge in [0.2, 0.25) is 0 Å². The molecule has 3 rings (SSSR count). The summed E-state index contributed by atoms with van der Waals surface area (Å²) >= 11 is 0. The zero-order valence-corrected chi connectivity index (χ0v) is 12.0. The number of benzene rings is 1. The number of carboxylic acids is 1. The Labute approximate surface area is 124 Å². The predicted molar refractivity (Wildman–Crippen MR) is 79.4 cm³/mol. The summed E-state index contributed by atoms with van der Waals surface area (Å²) in [6.07, 6.45) is 10.8. The Kier molecular flexibility index (Phi) is 5.31. The molecule has 114 valence electrons. The molecule has 2 atom stereocenters. The van der Waals surface area contributed by atoms with Crippen LogP contribution in [0.15, 0.2) is 24.3 Å². The summed E-state index contributed by atoms with van der Waals surface area (Å²) in [4.78, 5) is 20.0. The maximum Gasteiger partial charge on any atom is 0.342 e. The molecule has 2 saturated carbocycles. The molecule has 1 aromatic rings. The third-order valence-electron chi connectivity index (χ3n) is 4.55. The maximum absolute atomic E-state index is 10.4. The van der Waals surface area contributed by atoms with Crippen molar-refractivity contribution in [2.24, 2.45) is 11.8 Å². The number of aromatic carboxylic acids is 1. The zero-order valence-electron chi connectivity index (χ0n) is 12.0. The van der Waals surface area contributed by atoms with Gasteiger partial charge in [0.1, 0.15) is 5.56 Å². The number of hydrogen-bond donors (Lipinski definition) is 1. The summed E-state index contributed by atoms with van der Waals surface area (Å²) in [7, 11) is 0. The van der Waals surface area contributed by atoms with Crippen molar-refractivity contribution in [3.05, 3.63) is 39.9 Å². The largest absolute Gasteiger partial charge is 0.477 e. The predicted octanol–water partition coefficient (Wildman–Crippen LogP) is 4.27. The number of hydrogen-bond acceptors (Lipinski definition) is 3. The molecule has 0 radical (unpaired) electrons. The van der Waals surface area contributed by atoms with Crippen LogP contribution in [0.5, 0.6) is 0 Å². The number of nitro groups is 1. The molecule has 0 saturated heterocycles. The Morgan fingerprint density at radius 1 is 1.05 bits per heavy atom. The fourth-order valence-corrected chi connectivity index (χ4v) is 3.50. The number of nitrogens with zero attached hydrogens (tertiary/aromatic N) is 1. The zero-order chi connectivity index (χ0) is 15.2. The smallest absolute Gasteiger partial charge is 0.342 e.